The Kier molecular flexibility index (Phi) is 7.19. The summed E-state index contributed by atoms with van der Waals surface area (Å²) in [7, 11) is -2.21. The Bertz CT molecular complexity index is 84.7. The van der Waals surface area contributed by atoms with Gasteiger partial charge in [0.15, 0.2) is 0 Å². The summed E-state index contributed by atoms with van der Waals surface area (Å²) in [5, 5.41) is 0. The van der Waals surface area contributed by atoms with Gasteiger partial charge in [0.2, 0.25) is 18.4 Å². The molecule has 11 heavy (non-hydrogen) atoms. The Morgan fingerprint density at radius 1 is 1.00 bits per heavy atom. The molecular weight excluding hydrogens is 174 g/mol. The van der Waals surface area contributed by atoms with E-state index in [2.05, 4.69) is 17.7 Å². The van der Waals surface area contributed by atoms with E-state index >= 15 is 0 Å². The van der Waals surface area contributed by atoms with Crippen LogP contribution in [-0.2, 0) is 8.85 Å². The molecule has 3 nitrogen and oxygen atoms in total. The molecule has 0 aromatic carbocycles. The molecule has 0 radical (unpaired) electrons. The van der Waals surface area contributed by atoms with Crippen LogP contribution >= 0.6 is 0 Å². The van der Waals surface area contributed by atoms with Crippen LogP contribution in [0.15, 0.2) is 0 Å². The molecule has 0 bridgehead atoms. The fraction of sp³-hybridized carbons (Fsp3) is 1.00. The first-order valence-electron chi connectivity index (χ1n) is 4.20. The van der Waals surface area contributed by atoms with Gasteiger partial charge in [0, 0.05) is 13.2 Å². The molecule has 0 aromatic heterocycles. The smallest absolute Gasteiger partial charge is 0.244 e. The first-order chi connectivity index (χ1) is 5.20. The third-order valence-electron chi connectivity index (χ3n) is 1.30. The molecule has 0 rings (SSSR count). The zero-order chi connectivity index (χ0) is 8.69. The van der Waals surface area contributed by atoms with Gasteiger partial charge in [-0.25, -0.2) is 0 Å². The van der Waals surface area contributed by atoms with Gasteiger partial charge in [0.1, 0.15) is 0 Å². The summed E-state index contributed by atoms with van der Waals surface area (Å²) in [5.41, 5.74) is 0. The second kappa shape index (κ2) is 6.99. The lowest BCUT2D eigenvalue weighted by Crippen LogP contribution is -2.45. The highest BCUT2D eigenvalue weighted by atomic mass is 28.4. The van der Waals surface area contributed by atoms with E-state index in [-0.39, 0.29) is 0 Å². The van der Waals surface area contributed by atoms with Crippen LogP contribution in [0.2, 0.25) is 13.1 Å². The molecule has 2 atom stereocenters. The molecular formula is C6H19NO2Si2. The Morgan fingerprint density at radius 2 is 1.36 bits per heavy atom. The van der Waals surface area contributed by atoms with Gasteiger partial charge in [0.25, 0.3) is 0 Å². The van der Waals surface area contributed by atoms with Gasteiger partial charge in [-0.2, -0.15) is 0 Å². The Hall–Kier alpha value is 0.314. The number of hydrogen-bond donors (Lipinski definition) is 1. The minimum Gasteiger partial charge on any atom is -0.407 e. The van der Waals surface area contributed by atoms with Crippen LogP contribution < -0.4 is 4.65 Å². The van der Waals surface area contributed by atoms with Crippen LogP contribution in [-0.4, -0.2) is 31.6 Å². The largest absolute Gasteiger partial charge is 0.407 e. The lowest BCUT2D eigenvalue weighted by molar-refractivity contribution is 0.324. The highest BCUT2D eigenvalue weighted by molar-refractivity contribution is 6.65. The van der Waals surface area contributed by atoms with Gasteiger partial charge in [-0.15, -0.1) is 0 Å². The van der Waals surface area contributed by atoms with Crippen molar-refractivity contribution in [3.8, 4) is 0 Å². The minimum atomic E-state index is -1.10. The lowest BCUT2D eigenvalue weighted by Gasteiger charge is -2.16. The van der Waals surface area contributed by atoms with Crippen molar-refractivity contribution in [3.05, 3.63) is 0 Å². The molecule has 0 saturated heterocycles. The molecule has 5 heteroatoms. The maximum atomic E-state index is 5.44. The standard InChI is InChI=1S/C6H19NO2Si2/c1-5-8-10(3)7-11(4)9-6-2/h7,10-11H,5-6H2,1-4H3. The summed E-state index contributed by atoms with van der Waals surface area (Å²) in [6.07, 6.45) is 0. The Balaban J connectivity index is 3.32. The second-order valence-electron chi connectivity index (χ2n) is 2.36. The minimum absolute atomic E-state index is 0.813. The predicted molar refractivity (Wildman–Crippen MR) is 52.4 cm³/mol. The van der Waals surface area contributed by atoms with Crippen molar-refractivity contribution in [3.63, 3.8) is 0 Å². The maximum absolute atomic E-state index is 5.44. The summed E-state index contributed by atoms with van der Waals surface area (Å²) in [6, 6.07) is 0. The normalized spacial score (nSPS) is 16.4. The Labute approximate surface area is 72.7 Å². The lowest BCUT2D eigenvalue weighted by atomic mass is 10.9. The maximum Gasteiger partial charge on any atom is 0.244 e. The molecule has 0 saturated carbocycles. The van der Waals surface area contributed by atoms with Crippen molar-refractivity contribution in [2.45, 2.75) is 26.9 Å². The van der Waals surface area contributed by atoms with Crippen molar-refractivity contribution >= 4 is 18.4 Å². The quantitative estimate of drug-likeness (QED) is 0.618. The van der Waals surface area contributed by atoms with E-state index in [1.54, 1.807) is 0 Å². The average molecular weight is 193 g/mol. The molecule has 0 aliphatic heterocycles. The predicted octanol–water partition coefficient (Wildman–Crippen LogP) is 0.350. The first kappa shape index (κ1) is 11.3. The molecule has 0 spiro atoms. The molecule has 0 aromatic rings. The van der Waals surface area contributed by atoms with Crippen LogP contribution in [0.25, 0.3) is 0 Å². The SMILES string of the molecule is CCO[SiH](C)N[SiH](C)OCC. The fourth-order valence-electron chi connectivity index (χ4n) is 0.927. The highest BCUT2D eigenvalue weighted by Crippen LogP contribution is 1.85. The summed E-state index contributed by atoms with van der Waals surface area (Å²) in [5.74, 6) is 0. The number of rotatable bonds is 6. The van der Waals surface area contributed by atoms with Crippen LogP contribution in [0.4, 0.5) is 0 Å². The van der Waals surface area contributed by atoms with Crippen molar-refractivity contribution < 1.29 is 8.85 Å². The van der Waals surface area contributed by atoms with Crippen LogP contribution in [0.1, 0.15) is 13.8 Å². The van der Waals surface area contributed by atoms with Crippen LogP contribution in [0, 0.1) is 0 Å². The Morgan fingerprint density at radius 3 is 1.64 bits per heavy atom. The third-order valence-corrected chi connectivity index (χ3v) is 6.72. The molecule has 0 heterocycles. The van der Waals surface area contributed by atoms with Gasteiger partial charge < -0.3 is 13.5 Å². The number of hydrogen-bond acceptors (Lipinski definition) is 3. The van der Waals surface area contributed by atoms with Crippen molar-refractivity contribution in [1.82, 2.24) is 4.65 Å². The van der Waals surface area contributed by atoms with E-state index in [1.807, 2.05) is 13.8 Å². The molecule has 68 valence electrons. The van der Waals surface area contributed by atoms with Crippen LogP contribution in [0.3, 0.4) is 0 Å². The molecule has 2 unspecified atom stereocenters. The van der Waals surface area contributed by atoms with E-state index in [0.29, 0.717) is 0 Å². The van der Waals surface area contributed by atoms with Crippen molar-refractivity contribution in [2.75, 3.05) is 13.2 Å². The van der Waals surface area contributed by atoms with Gasteiger partial charge in [-0.05, 0) is 26.9 Å². The molecule has 1 N–H and O–H groups in total. The van der Waals surface area contributed by atoms with Crippen LogP contribution in [0.5, 0.6) is 0 Å². The summed E-state index contributed by atoms with van der Waals surface area (Å²) in [4.78, 5) is 0. The fourth-order valence-corrected chi connectivity index (χ4v) is 5.34. The third kappa shape index (κ3) is 6.70. The number of nitrogens with one attached hydrogen (secondary N) is 1. The molecule has 0 fully saturated rings. The monoisotopic (exact) mass is 193 g/mol. The van der Waals surface area contributed by atoms with E-state index in [0.717, 1.165) is 13.2 Å². The topological polar surface area (TPSA) is 30.5 Å². The van der Waals surface area contributed by atoms with E-state index in [1.165, 1.54) is 0 Å². The van der Waals surface area contributed by atoms with Crippen molar-refractivity contribution in [2.24, 2.45) is 0 Å². The summed E-state index contributed by atoms with van der Waals surface area (Å²) < 4.78 is 14.3. The molecule has 0 aliphatic carbocycles. The zero-order valence-corrected chi connectivity index (χ0v) is 10.2. The molecule has 0 amide bonds. The van der Waals surface area contributed by atoms with Gasteiger partial charge >= 0.3 is 0 Å². The zero-order valence-electron chi connectivity index (χ0n) is 7.89. The molecule has 0 aliphatic rings. The van der Waals surface area contributed by atoms with Gasteiger partial charge in [-0.3, -0.25) is 0 Å². The first-order valence-corrected chi connectivity index (χ1v) is 8.60. The van der Waals surface area contributed by atoms with Gasteiger partial charge in [0.05, 0.1) is 0 Å². The highest BCUT2D eigenvalue weighted by Gasteiger charge is 2.09. The summed E-state index contributed by atoms with van der Waals surface area (Å²) >= 11 is 0. The van der Waals surface area contributed by atoms with Crippen molar-refractivity contribution in [1.29, 1.82) is 0 Å². The summed E-state index contributed by atoms with van der Waals surface area (Å²) in [6.45, 7) is 9.97. The van der Waals surface area contributed by atoms with Gasteiger partial charge in [-0.1, -0.05) is 0 Å². The van der Waals surface area contributed by atoms with E-state index in [4.69, 9.17) is 8.85 Å². The average Bonchev–Trinajstić information content (AvgIpc) is 1.87. The second-order valence-corrected chi connectivity index (χ2v) is 6.93. The van der Waals surface area contributed by atoms with E-state index < -0.39 is 18.4 Å². The van der Waals surface area contributed by atoms with E-state index in [9.17, 15) is 0 Å².